The number of thioether (sulfide) groups is 1. The number of rotatable bonds is 10. The summed E-state index contributed by atoms with van der Waals surface area (Å²) in [6, 6.07) is 20.1. The Kier molecular flexibility index (Phi) is 11.1. The summed E-state index contributed by atoms with van der Waals surface area (Å²) < 4.78 is 5.31. The van der Waals surface area contributed by atoms with Crippen molar-refractivity contribution in [1.29, 1.82) is 0 Å². The number of amides is 3. The van der Waals surface area contributed by atoms with Gasteiger partial charge in [0, 0.05) is 31.3 Å². The van der Waals surface area contributed by atoms with Gasteiger partial charge in [-0.1, -0.05) is 60.7 Å². The second-order valence-electron chi connectivity index (χ2n) is 10.9. The number of piperidine rings is 1. The van der Waals surface area contributed by atoms with Gasteiger partial charge in [0.15, 0.2) is 0 Å². The zero-order valence-corrected chi connectivity index (χ0v) is 23.8. The van der Waals surface area contributed by atoms with Crippen LogP contribution in [0, 0.1) is 0 Å². The fourth-order valence-corrected chi connectivity index (χ4v) is 5.43. The van der Waals surface area contributed by atoms with E-state index in [-0.39, 0.29) is 24.8 Å². The third kappa shape index (κ3) is 10.0. The molecule has 0 saturated carbocycles. The van der Waals surface area contributed by atoms with Crippen LogP contribution in [0.15, 0.2) is 60.7 Å². The second-order valence-corrected chi connectivity index (χ2v) is 11.8. The van der Waals surface area contributed by atoms with E-state index < -0.39 is 17.7 Å². The molecule has 7 nitrogen and oxygen atoms in total. The largest absolute Gasteiger partial charge is 0.444 e. The number of hydrogen-bond acceptors (Lipinski definition) is 5. The maximum absolute atomic E-state index is 13.3. The predicted octanol–water partition coefficient (Wildman–Crippen LogP) is 5.42. The molecular weight excluding hydrogens is 498 g/mol. The molecule has 8 heteroatoms. The summed E-state index contributed by atoms with van der Waals surface area (Å²) in [5, 5.41) is 2.73. The molecule has 1 unspecified atom stereocenters. The van der Waals surface area contributed by atoms with Crippen molar-refractivity contribution < 1.29 is 19.1 Å². The first kappa shape index (κ1) is 29.6. The molecule has 1 atom stereocenters. The van der Waals surface area contributed by atoms with Crippen LogP contribution < -0.4 is 5.32 Å². The normalized spacial score (nSPS) is 15.0. The quantitative estimate of drug-likeness (QED) is 0.408. The van der Waals surface area contributed by atoms with E-state index in [1.54, 1.807) is 44.4 Å². The predicted molar refractivity (Wildman–Crippen MR) is 153 cm³/mol. The summed E-state index contributed by atoms with van der Waals surface area (Å²) in [6.45, 7) is 8.57. The highest BCUT2D eigenvalue weighted by atomic mass is 32.2. The zero-order chi connectivity index (χ0) is 27.5. The molecule has 0 aliphatic carbocycles. The summed E-state index contributed by atoms with van der Waals surface area (Å²) in [4.78, 5) is 42.1. The van der Waals surface area contributed by atoms with Crippen molar-refractivity contribution in [2.75, 3.05) is 25.5 Å². The van der Waals surface area contributed by atoms with Crippen LogP contribution in [-0.4, -0.2) is 64.9 Å². The Morgan fingerprint density at radius 3 is 2.24 bits per heavy atom. The molecule has 1 fully saturated rings. The maximum Gasteiger partial charge on any atom is 0.407 e. The molecule has 3 rings (SSSR count). The average molecular weight is 540 g/mol. The molecule has 0 radical (unpaired) electrons. The van der Waals surface area contributed by atoms with E-state index in [0.29, 0.717) is 24.9 Å². The van der Waals surface area contributed by atoms with Crippen LogP contribution in [0.3, 0.4) is 0 Å². The minimum atomic E-state index is -0.617. The summed E-state index contributed by atoms with van der Waals surface area (Å²) in [5.41, 5.74) is 1.87. The minimum Gasteiger partial charge on any atom is -0.444 e. The number of benzene rings is 2. The van der Waals surface area contributed by atoms with Crippen LogP contribution in [0.25, 0.3) is 0 Å². The van der Waals surface area contributed by atoms with Gasteiger partial charge in [-0.3, -0.25) is 9.59 Å². The standard InChI is InChI=1S/C30H41N3O4S/c1-23(31-29(36)37-30(2,3)4)19-27(34)33(22-38-21-24-11-7-5-8-12-24)20-28(35)32-17-15-26(16-18-32)25-13-9-6-10-14-25/h5-14,23,26H,15-22H2,1-4H3,(H,31,36). The zero-order valence-electron chi connectivity index (χ0n) is 23.0. The summed E-state index contributed by atoms with van der Waals surface area (Å²) in [7, 11) is 0. The van der Waals surface area contributed by atoms with Crippen molar-refractivity contribution in [1.82, 2.24) is 15.1 Å². The van der Waals surface area contributed by atoms with Crippen molar-refractivity contribution in [3.63, 3.8) is 0 Å². The van der Waals surface area contributed by atoms with Crippen LogP contribution >= 0.6 is 11.8 Å². The second kappa shape index (κ2) is 14.2. The van der Waals surface area contributed by atoms with Gasteiger partial charge in [-0.15, -0.1) is 11.8 Å². The Bertz CT molecular complexity index is 1030. The molecule has 2 aromatic rings. The van der Waals surface area contributed by atoms with Gasteiger partial charge in [0.1, 0.15) is 12.1 Å². The van der Waals surface area contributed by atoms with E-state index in [9.17, 15) is 14.4 Å². The number of carbonyl (C=O) groups is 3. The lowest BCUT2D eigenvalue weighted by Gasteiger charge is -2.34. The highest BCUT2D eigenvalue weighted by Crippen LogP contribution is 2.28. The Morgan fingerprint density at radius 1 is 1.03 bits per heavy atom. The van der Waals surface area contributed by atoms with E-state index in [1.165, 1.54) is 11.1 Å². The van der Waals surface area contributed by atoms with E-state index in [0.717, 1.165) is 18.6 Å². The average Bonchev–Trinajstić information content (AvgIpc) is 2.88. The molecule has 1 N–H and O–H groups in total. The Labute approximate surface area is 231 Å². The van der Waals surface area contributed by atoms with Gasteiger partial charge in [-0.25, -0.2) is 4.79 Å². The lowest BCUT2D eigenvalue weighted by Crippen LogP contribution is -2.47. The van der Waals surface area contributed by atoms with Crippen LogP contribution in [0.2, 0.25) is 0 Å². The van der Waals surface area contributed by atoms with Crippen molar-refractivity contribution in [3.05, 3.63) is 71.8 Å². The molecule has 3 amide bonds. The first-order valence-corrected chi connectivity index (χ1v) is 14.5. The summed E-state index contributed by atoms with van der Waals surface area (Å²) in [5.74, 6) is 1.41. The molecule has 0 spiro atoms. The van der Waals surface area contributed by atoms with Gasteiger partial charge in [0.05, 0.1) is 5.88 Å². The molecule has 1 aliphatic rings. The molecule has 38 heavy (non-hydrogen) atoms. The number of hydrogen-bond donors (Lipinski definition) is 1. The molecule has 1 aliphatic heterocycles. The van der Waals surface area contributed by atoms with Gasteiger partial charge >= 0.3 is 6.09 Å². The Hall–Kier alpha value is -3.00. The third-order valence-electron chi connectivity index (χ3n) is 6.40. The first-order chi connectivity index (χ1) is 18.1. The Morgan fingerprint density at radius 2 is 1.63 bits per heavy atom. The molecule has 2 aromatic carbocycles. The lowest BCUT2D eigenvalue weighted by atomic mass is 9.89. The number of nitrogens with zero attached hydrogens (tertiary/aromatic N) is 2. The van der Waals surface area contributed by atoms with Crippen molar-refractivity contribution in [2.24, 2.45) is 0 Å². The molecule has 1 heterocycles. The van der Waals surface area contributed by atoms with Gasteiger partial charge in [-0.2, -0.15) is 0 Å². The van der Waals surface area contributed by atoms with Crippen LogP contribution in [-0.2, 0) is 20.1 Å². The number of nitrogens with one attached hydrogen (secondary N) is 1. The lowest BCUT2D eigenvalue weighted by molar-refractivity contribution is -0.140. The van der Waals surface area contributed by atoms with Crippen molar-refractivity contribution in [2.45, 2.75) is 70.3 Å². The number of likely N-dealkylation sites (tertiary alicyclic amines) is 1. The summed E-state index contributed by atoms with van der Waals surface area (Å²) in [6.07, 6.45) is 1.38. The van der Waals surface area contributed by atoms with Crippen molar-refractivity contribution >= 4 is 29.7 Å². The molecule has 0 aromatic heterocycles. The SMILES string of the molecule is CC(CC(=O)N(CSCc1ccccc1)CC(=O)N1CCC(c2ccccc2)CC1)NC(=O)OC(C)(C)C. The van der Waals surface area contributed by atoms with Crippen LogP contribution in [0.5, 0.6) is 0 Å². The number of carbonyl (C=O) groups excluding carboxylic acids is 3. The minimum absolute atomic E-state index is 0.0297. The number of alkyl carbamates (subject to hydrolysis) is 1. The van der Waals surface area contributed by atoms with E-state index >= 15 is 0 Å². The van der Waals surface area contributed by atoms with Crippen LogP contribution in [0.1, 0.15) is 64.0 Å². The van der Waals surface area contributed by atoms with Crippen molar-refractivity contribution in [3.8, 4) is 0 Å². The van der Waals surface area contributed by atoms with Gasteiger partial charge in [0.2, 0.25) is 11.8 Å². The fraction of sp³-hybridized carbons (Fsp3) is 0.500. The molecule has 206 valence electrons. The van der Waals surface area contributed by atoms with E-state index in [4.69, 9.17) is 4.74 Å². The molecular formula is C30H41N3O4S. The molecule has 1 saturated heterocycles. The van der Waals surface area contributed by atoms with E-state index in [1.807, 2.05) is 41.3 Å². The fourth-order valence-electron chi connectivity index (χ4n) is 4.46. The maximum atomic E-state index is 13.3. The smallest absolute Gasteiger partial charge is 0.407 e. The topological polar surface area (TPSA) is 79.0 Å². The molecule has 0 bridgehead atoms. The first-order valence-electron chi connectivity index (χ1n) is 13.3. The van der Waals surface area contributed by atoms with E-state index in [2.05, 4.69) is 29.6 Å². The third-order valence-corrected chi connectivity index (χ3v) is 7.43. The Balaban J connectivity index is 1.56. The van der Waals surface area contributed by atoms with Gasteiger partial charge in [0.25, 0.3) is 0 Å². The highest BCUT2D eigenvalue weighted by Gasteiger charge is 2.27. The summed E-state index contributed by atoms with van der Waals surface area (Å²) >= 11 is 1.60. The van der Waals surface area contributed by atoms with Crippen LogP contribution in [0.4, 0.5) is 4.79 Å². The van der Waals surface area contributed by atoms with Gasteiger partial charge in [-0.05, 0) is 57.6 Å². The monoisotopic (exact) mass is 539 g/mol. The number of ether oxygens (including phenoxy) is 1. The highest BCUT2D eigenvalue weighted by molar-refractivity contribution is 7.98. The van der Waals surface area contributed by atoms with Gasteiger partial charge < -0.3 is 19.9 Å².